The molecule has 0 aliphatic heterocycles. The van der Waals surface area contributed by atoms with Crippen molar-refractivity contribution in [3.63, 3.8) is 0 Å². The highest BCUT2D eigenvalue weighted by atomic mass is 35.5. The Morgan fingerprint density at radius 2 is 1.79 bits per heavy atom. The first-order valence-corrected chi connectivity index (χ1v) is 5.97. The van der Waals surface area contributed by atoms with Crippen LogP contribution in [0.3, 0.4) is 0 Å². The van der Waals surface area contributed by atoms with E-state index >= 15 is 0 Å². The van der Waals surface area contributed by atoms with E-state index in [9.17, 15) is 9.18 Å². The van der Waals surface area contributed by atoms with Crippen molar-refractivity contribution in [2.75, 3.05) is 0 Å². The Kier molecular flexibility index (Phi) is 2.80. The van der Waals surface area contributed by atoms with Gasteiger partial charge in [-0.25, -0.2) is 9.37 Å². The first-order chi connectivity index (χ1) is 9.13. The number of fused-ring (bicyclic) bond motifs is 1. The maximum atomic E-state index is 12.8. The standard InChI is InChI=1S/C14H8ClFN2O/c15-14-17-11-6-3-9(7-12(11)18-14)13(19)8-1-4-10(16)5-2-8/h1-7H,(H,17,18). The zero-order valence-electron chi connectivity index (χ0n) is 9.65. The van der Waals surface area contributed by atoms with E-state index in [1.807, 2.05) is 0 Å². The second-order valence-electron chi connectivity index (χ2n) is 4.10. The smallest absolute Gasteiger partial charge is 0.201 e. The molecule has 0 atom stereocenters. The molecule has 0 aliphatic carbocycles. The summed E-state index contributed by atoms with van der Waals surface area (Å²) in [5, 5.41) is 0.279. The van der Waals surface area contributed by atoms with Crippen LogP contribution >= 0.6 is 11.6 Å². The van der Waals surface area contributed by atoms with Crippen LogP contribution in [-0.4, -0.2) is 15.8 Å². The molecule has 0 spiro atoms. The lowest BCUT2D eigenvalue weighted by Gasteiger charge is -2.01. The van der Waals surface area contributed by atoms with E-state index in [-0.39, 0.29) is 16.9 Å². The molecule has 1 heterocycles. The van der Waals surface area contributed by atoms with Gasteiger partial charge in [-0.15, -0.1) is 0 Å². The van der Waals surface area contributed by atoms with Crippen molar-refractivity contribution in [1.29, 1.82) is 0 Å². The molecule has 3 nitrogen and oxygen atoms in total. The fourth-order valence-electron chi connectivity index (χ4n) is 1.89. The lowest BCUT2D eigenvalue weighted by atomic mass is 10.0. The largest absolute Gasteiger partial charge is 0.329 e. The summed E-state index contributed by atoms with van der Waals surface area (Å²) in [7, 11) is 0. The Balaban J connectivity index is 2.03. The van der Waals surface area contributed by atoms with Gasteiger partial charge in [0, 0.05) is 11.1 Å². The van der Waals surface area contributed by atoms with Gasteiger partial charge in [0.1, 0.15) is 5.82 Å². The molecule has 94 valence electrons. The number of hydrogen-bond donors (Lipinski definition) is 1. The van der Waals surface area contributed by atoms with Crippen LogP contribution in [0.4, 0.5) is 4.39 Å². The predicted octanol–water partition coefficient (Wildman–Crippen LogP) is 3.59. The van der Waals surface area contributed by atoms with E-state index < -0.39 is 0 Å². The average Bonchev–Trinajstić information content (AvgIpc) is 2.77. The number of aromatic nitrogens is 2. The highest BCUT2D eigenvalue weighted by molar-refractivity contribution is 6.29. The van der Waals surface area contributed by atoms with Crippen LogP contribution in [0.1, 0.15) is 15.9 Å². The minimum atomic E-state index is -0.368. The molecule has 0 radical (unpaired) electrons. The monoisotopic (exact) mass is 274 g/mol. The van der Waals surface area contributed by atoms with Crippen LogP contribution < -0.4 is 0 Å². The maximum Gasteiger partial charge on any atom is 0.201 e. The van der Waals surface area contributed by atoms with Crippen molar-refractivity contribution >= 4 is 28.4 Å². The van der Waals surface area contributed by atoms with E-state index in [4.69, 9.17) is 11.6 Å². The average molecular weight is 275 g/mol. The summed E-state index contributed by atoms with van der Waals surface area (Å²) >= 11 is 5.76. The van der Waals surface area contributed by atoms with Gasteiger partial charge < -0.3 is 4.98 Å². The highest BCUT2D eigenvalue weighted by Gasteiger charge is 2.11. The van der Waals surface area contributed by atoms with E-state index in [2.05, 4.69) is 9.97 Å². The number of carbonyl (C=O) groups is 1. The first-order valence-electron chi connectivity index (χ1n) is 5.59. The molecule has 5 heteroatoms. The van der Waals surface area contributed by atoms with Gasteiger partial charge in [-0.3, -0.25) is 4.79 Å². The molecule has 3 aromatic rings. The fraction of sp³-hybridized carbons (Fsp3) is 0. The molecule has 0 fully saturated rings. The van der Waals surface area contributed by atoms with Gasteiger partial charge in [0.25, 0.3) is 0 Å². The highest BCUT2D eigenvalue weighted by Crippen LogP contribution is 2.18. The SMILES string of the molecule is O=C(c1ccc(F)cc1)c1ccc2nc(Cl)[nH]c2c1. The Labute approximate surface area is 113 Å². The summed E-state index contributed by atoms with van der Waals surface area (Å²) in [5.41, 5.74) is 2.32. The number of carbonyl (C=O) groups excluding carboxylic acids is 1. The van der Waals surface area contributed by atoms with Crippen molar-refractivity contribution in [1.82, 2.24) is 9.97 Å². The number of imidazole rings is 1. The van der Waals surface area contributed by atoms with Crippen molar-refractivity contribution in [2.24, 2.45) is 0 Å². The van der Waals surface area contributed by atoms with Crippen molar-refractivity contribution in [3.05, 3.63) is 64.7 Å². The van der Waals surface area contributed by atoms with Gasteiger partial charge in [-0.05, 0) is 54.1 Å². The zero-order valence-corrected chi connectivity index (χ0v) is 10.4. The maximum absolute atomic E-state index is 12.8. The number of nitrogens with zero attached hydrogens (tertiary/aromatic N) is 1. The predicted molar refractivity (Wildman–Crippen MR) is 70.9 cm³/mol. The molecule has 0 saturated heterocycles. The van der Waals surface area contributed by atoms with E-state index in [1.54, 1.807) is 18.2 Å². The van der Waals surface area contributed by atoms with E-state index in [0.29, 0.717) is 22.2 Å². The van der Waals surface area contributed by atoms with Gasteiger partial charge in [0.05, 0.1) is 11.0 Å². The summed E-state index contributed by atoms with van der Waals surface area (Å²) in [5.74, 6) is -0.542. The van der Waals surface area contributed by atoms with Gasteiger partial charge in [0.2, 0.25) is 5.28 Å². The minimum Gasteiger partial charge on any atom is -0.329 e. The van der Waals surface area contributed by atoms with E-state index in [1.165, 1.54) is 24.3 Å². The number of nitrogens with one attached hydrogen (secondary N) is 1. The molecule has 0 saturated carbocycles. The van der Waals surface area contributed by atoms with Gasteiger partial charge in [-0.1, -0.05) is 0 Å². The van der Waals surface area contributed by atoms with Crippen LogP contribution in [0, 0.1) is 5.82 Å². The Morgan fingerprint density at radius 1 is 1.11 bits per heavy atom. The first kappa shape index (κ1) is 11.9. The molecule has 1 N–H and O–H groups in total. The molecule has 3 rings (SSSR count). The summed E-state index contributed by atoms with van der Waals surface area (Å²) in [4.78, 5) is 19.1. The third-order valence-electron chi connectivity index (χ3n) is 2.82. The summed E-state index contributed by atoms with van der Waals surface area (Å²) in [6.07, 6.45) is 0. The fourth-order valence-corrected chi connectivity index (χ4v) is 2.08. The minimum absolute atomic E-state index is 0.173. The summed E-state index contributed by atoms with van der Waals surface area (Å²) in [6, 6.07) is 10.5. The van der Waals surface area contributed by atoms with Gasteiger partial charge in [-0.2, -0.15) is 0 Å². The van der Waals surface area contributed by atoms with Crippen LogP contribution in [0.15, 0.2) is 42.5 Å². The third kappa shape index (κ3) is 2.22. The lowest BCUT2D eigenvalue weighted by molar-refractivity contribution is 0.103. The Morgan fingerprint density at radius 3 is 2.53 bits per heavy atom. The summed E-state index contributed by atoms with van der Waals surface area (Å²) in [6.45, 7) is 0. The van der Waals surface area contributed by atoms with Crippen molar-refractivity contribution in [3.8, 4) is 0 Å². The molecular formula is C14H8ClFN2O. The molecule has 2 aromatic carbocycles. The molecule has 0 amide bonds. The van der Waals surface area contributed by atoms with Crippen molar-refractivity contribution < 1.29 is 9.18 Å². The van der Waals surface area contributed by atoms with Gasteiger partial charge in [0.15, 0.2) is 5.78 Å². The number of hydrogen-bond acceptors (Lipinski definition) is 2. The number of aromatic amines is 1. The lowest BCUT2D eigenvalue weighted by Crippen LogP contribution is -2.01. The molecule has 0 bridgehead atoms. The second-order valence-corrected chi connectivity index (χ2v) is 4.45. The van der Waals surface area contributed by atoms with Crippen molar-refractivity contribution in [2.45, 2.75) is 0 Å². The Hall–Kier alpha value is -2.20. The van der Waals surface area contributed by atoms with Gasteiger partial charge >= 0.3 is 0 Å². The number of halogens is 2. The second kappa shape index (κ2) is 4.48. The Bertz CT molecular complexity index is 765. The molecule has 19 heavy (non-hydrogen) atoms. The number of H-pyrrole nitrogens is 1. The molecule has 0 unspecified atom stereocenters. The third-order valence-corrected chi connectivity index (χ3v) is 3.00. The van der Waals surface area contributed by atoms with Crippen LogP contribution in [0.5, 0.6) is 0 Å². The molecular weight excluding hydrogens is 267 g/mol. The quantitative estimate of drug-likeness (QED) is 0.726. The number of benzene rings is 2. The molecule has 0 aliphatic rings. The van der Waals surface area contributed by atoms with Crippen LogP contribution in [-0.2, 0) is 0 Å². The normalized spacial score (nSPS) is 10.8. The number of rotatable bonds is 2. The zero-order chi connectivity index (χ0) is 13.4. The van der Waals surface area contributed by atoms with Crippen LogP contribution in [0.2, 0.25) is 5.28 Å². The molecule has 1 aromatic heterocycles. The number of ketones is 1. The summed E-state index contributed by atoms with van der Waals surface area (Å²) < 4.78 is 12.8. The topological polar surface area (TPSA) is 45.8 Å². The van der Waals surface area contributed by atoms with E-state index in [0.717, 1.165) is 0 Å². The van der Waals surface area contributed by atoms with Crippen LogP contribution in [0.25, 0.3) is 11.0 Å².